The molecule has 1 fully saturated rings. The number of benzene rings is 2. The van der Waals surface area contributed by atoms with Crippen LogP contribution >= 0.6 is 0 Å². The SMILES string of the molecule is COc1ccc(-c2noc(N3CCC(C(=O)NCc4ccc5c(c4)CCO5)CC3)n2)cc1. The molecule has 2 aromatic carbocycles. The van der Waals surface area contributed by atoms with Crippen molar-refractivity contribution in [2.75, 3.05) is 31.7 Å². The number of carbonyl (C=O) groups is 1. The first kappa shape index (κ1) is 20.4. The fourth-order valence-corrected chi connectivity index (χ4v) is 4.22. The predicted molar refractivity (Wildman–Crippen MR) is 119 cm³/mol. The zero-order valence-electron chi connectivity index (χ0n) is 18.0. The summed E-state index contributed by atoms with van der Waals surface area (Å²) in [7, 11) is 1.63. The molecular formula is C24H26N4O4. The number of amides is 1. The van der Waals surface area contributed by atoms with Crippen LogP contribution in [0.3, 0.4) is 0 Å². The predicted octanol–water partition coefficient (Wildman–Crippen LogP) is 3.21. The highest BCUT2D eigenvalue weighted by Crippen LogP contribution is 2.27. The fourth-order valence-electron chi connectivity index (χ4n) is 4.22. The van der Waals surface area contributed by atoms with E-state index in [4.69, 9.17) is 14.0 Å². The summed E-state index contributed by atoms with van der Waals surface area (Å²) in [6.45, 7) is 2.70. The third-order valence-corrected chi connectivity index (χ3v) is 6.12. The van der Waals surface area contributed by atoms with E-state index in [2.05, 4.69) is 21.5 Å². The maximum absolute atomic E-state index is 12.7. The number of anilines is 1. The van der Waals surface area contributed by atoms with E-state index in [1.165, 1.54) is 5.56 Å². The van der Waals surface area contributed by atoms with E-state index in [1.54, 1.807) is 7.11 Å². The molecule has 3 aromatic rings. The summed E-state index contributed by atoms with van der Waals surface area (Å²) in [4.78, 5) is 19.3. The van der Waals surface area contributed by atoms with Crippen molar-refractivity contribution in [3.63, 3.8) is 0 Å². The molecule has 0 aliphatic carbocycles. The molecule has 0 saturated carbocycles. The van der Waals surface area contributed by atoms with E-state index in [1.807, 2.05) is 41.3 Å². The average molecular weight is 434 g/mol. The summed E-state index contributed by atoms with van der Waals surface area (Å²) in [6, 6.07) is 14.2. The quantitative estimate of drug-likeness (QED) is 0.637. The number of fused-ring (bicyclic) bond motifs is 1. The molecule has 166 valence electrons. The van der Waals surface area contributed by atoms with Gasteiger partial charge >= 0.3 is 6.01 Å². The highest BCUT2D eigenvalue weighted by atomic mass is 16.5. The van der Waals surface area contributed by atoms with E-state index in [9.17, 15) is 4.79 Å². The molecule has 1 aromatic heterocycles. The van der Waals surface area contributed by atoms with Crippen LogP contribution in [0.15, 0.2) is 47.0 Å². The number of methoxy groups -OCH3 is 1. The molecule has 3 heterocycles. The van der Waals surface area contributed by atoms with Crippen molar-refractivity contribution < 1.29 is 18.8 Å². The first-order valence-electron chi connectivity index (χ1n) is 10.9. The van der Waals surface area contributed by atoms with Crippen molar-refractivity contribution in [2.45, 2.75) is 25.8 Å². The van der Waals surface area contributed by atoms with Crippen LogP contribution in [0.1, 0.15) is 24.0 Å². The Balaban J connectivity index is 1.13. The van der Waals surface area contributed by atoms with Gasteiger partial charge in [0.2, 0.25) is 11.7 Å². The molecule has 2 aliphatic heterocycles. The third-order valence-electron chi connectivity index (χ3n) is 6.12. The highest BCUT2D eigenvalue weighted by Gasteiger charge is 2.27. The molecule has 8 heteroatoms. The van der Waals surface area contributed by atoms with Crippen LogP contribution in [-0.4, -0.2) is 42.9 Å². The van der Waals surface area contributed by atoms with Crippen LogP contribution in [0, 0.1) is 5.92 Å². The van der Waals surface area contributed by atoms with Crippen molar-refractivity contribution in [3.05, 3.63) is 53.6 Å². The summed E-state index contributed by atoms with van der Waals surface area (Å²) in [5.41, 5.74) is 3.20. The molecule has 5 rings (SSSR count). The van der Waals surface area contributed by atoms with E-state index in [0.717, 1.165) is 48.5 Å². The summed E-state index contributed by atoms with van der Waals surface area (Å²) in [5, 5.41) is 7.19. The molecule has 1 N–H and O–H groups in total. The van der Waals surface area contributed by atoms with Crippen molar-refractivity contribution in [3.8, 4) is 22.9 Å². The molecule has 0 unspecified atom stereocenters. The summed E-state index contributed by atoms with van der Waals surface area (Å²) >= 11 is 0. The zero-order valence-corrected chi connectivity index (χ0v) is 18.0. The zero-order chi connectivity index (χ0) is 21.9. The summed E-state index contributed by atoms with van der Waals surface area (Å²) < 4.78 is 16.2. The minimum absolute atomic E-state index is 0.00649. The smallest absolute Gasteiger partial charge is 0.324 e. The van der Waals surface area contributed by atoms with E-state index in [0.29, 0.717) is 31.5 Å². The van der Waals surface area contributed by atoms with Crippen molar-refractivity contribution in [2.24, 2.45) is 5.92 Å². The van der Waals surface area contributed by atoms with Crippen molar-refractivity contribution in [1.82, 2.24) is 15.5 Å². The molecule has 8 nitrogen and oxygen atoms in total. The fraction of sp³-hybridized carbons (Fsp3) is 0.375. The van der Waals surface area contributed by atoms with Gasteiger partial charge in [0.05, 0.1) is 13.7 Å². The monoisotopic (exact) mass is 434 g/mol. The molecule has 32 heavy (non-hydrogen) atoms. The van der Waals surface area contributed by atoms with Gasteiger partial charge in [-0.1, -0.05) is 17.3 Å². The lowest BCUT2D eigenvalue weighted by Crippen LogP contribution is -2.40. The number of rotatable bonds is 6. The standard InChI is InChI=1S/C24H26N4O4/c1-30-20-5-3-17(4-6-20)22-26-24(32-27-22)28-11-8-18(9-12-28)23(29)25-15-16-2-7-21-19(14-16)10-13-31-21/h2-7,14,18H,8-13,15H2,1H3,(H,25,29). The average Bonchev–Trinajstić information content (AvgIpc) is 3.52. The lowest BCUT2D eigenvalue weighted by molar-refractivity contribution is -0.125. The summed E-state index contributed by atoms with van der Waals surface area (Å²) in [6.07, 6.45) is 2.44. The minimum Gasteiger partial charge on any atom is -0.497 e. The maximum atomic E-state index is 12.7. The van der Waals surface area contributed by atoms with Crippen LogP contribution in [0.5, 0.6) is 11.5 Å². The number of nitrogens with zero attached hydrogens (tertiary/aromatic N) is 3. The second kappa shape index (κ2) is 8.90. The van der Waals surface area contributed by atoms with Gasteiger partial charge in [-0.15, -0.1) is 0 Å². The van der Waals surface area contributed by atoms with Crippen molar-refractivity contribution >= 4 is 11.9 Å². The van der Waals surface area contributed by atoms with E-state index < -0.39 is 0 Å². The number of piperidine rings is 1. The number of ether oxygens (including phenoxy) is 2. The molecule has 2 aliphatic rings. The van der Waals surface area contributed by atoms with Gasteiger partial charge in [-0.2, -0.15) is 4.98 Å². The van der Waals surface area contributed by atoms with E-state index >= 15 is 0 Å². The first-order chi connectivity index (χ1) is 15.7. The molecule has 0 atom stereocenters. The van der Waals surface area contributed by atoms with Gasteiger partial charge in [0, 0.05) is 37.5 Å². The molecule has 0 radical (unpaired) electrons. The van der Waals surface area contributed by atoms with Gasteiger partial charge in [-0.05, 0) is 54.3 Å². The van der Waals surface area contributed by atoms with Gasteiger partial charge < -0.3 is 24.2 Å². The van der Waals surface area contributed by atoms with Crippen LogP contribution in [-0.2, 0) is 17.8 Å². The second-order valence-electron chi connectivity index (χ2n) is 8.15. The lowest BCUT2D eigenvalue weighted by Gasteiger charge is -2.29. The van der Waals surface area contributed by atoms with E-state index in [-0.39, 0.29) is 11.8 Å². The van der Waals surface area contributed by atoms with Gasteiger partial charge in [0.1, 0.15) is 11.5 Å². The molecule has 0 bridgehead atoms. The van der Waals surface area contributed by atoms with Crippen molar-refractivity contribution in [1.29, 1.82) is 0 Å². The maximum Gasteiger partial charge on any atom is 0.324 e. The topological polar surface area (TPSA) is 89.7 Å². The Kier molecular flexibility index (Phi) is 5.66. The molecule has 1 saturated heterocycles. The number of carbonyl (C=O) groups excluding carboxylic acids is 1. The summed E-state index contributed by atoms with van der Waals surface area (Å²) in [5.74, 6) is 2.38. The van der Waals surface area contributed by atoms with Gasteiger partial charge in [0.15, 0.2) is 0 Å². The van der Waals surface area contributed by atoms with Gasteiger partial charge in [-0.25, -0.2) is 0 Å². The number of nitrogens with one attached hydrogen (secondary N) is 1. The second-order valence-corrected chi connectivity index (χ2v) is 8.15. The Hall–Kier alpha value is -3.55. The van der Waals surface area contributed by atoms with Gasteiger partial charge in [0.25, 0.3) is 0 Å². The van der Waals surface area contributed by atoms with Gasteiger partial charge in [-0.3, -0.25) is 4.79 Å². The lowest BCUT2D eigenvalue weighted by atomic mass is 9.96. The molecule has 0 spiro atoms. The Labute approximate surface area is 186 Å². The molecule has 1 amide bonds. The third kappa shape index (κ3) is 4.26. The minimum atomic E-state index is -0.00649. The number of hydrogen-bond donors (Lipinski definition) is 1. The number of aromatic nitrogens is 2. The highest BCUT2D eigenvalue weighted by molar-refractivity contribution is 5.79. The van der Waals surface area contributed by atoms with Crippen LogP contribution < -0.4 is 19.7 Å². The normalized spacial score (nSPS) is 15.8. The Morgan fingerprint density at radius 3 is 2.78 bits per heavy atom. The first-order valence-corrected chi connectivity index (χ1v) is 10.9. The Morgan fingerprint density at radius 1 is 1.19 bits per heavy atom. The Bertz CT molecular complexity index is 1090. The number of hydrogen-bond acceptors (Lipinski definition) is 7. The van der Waals surface area contributed by atoms with Crippen LogP contribution in [0.4, 0.5) is 6.01 Å². The molecular weight excluding hydrogens is 408 g/mol. The van der Waals surface area contributed by atoms with Crippen LogP contribution in [0.2, 0.25) is 0 Å². The largest absolute Gasteiger partial charge is 0.497 e. The van der Waals surface area contributed by atoms with Crippen LogP contribution in [0.25, 0.3) is 11.4 Å². The Morgan fingerprint density at radius 2 is 2.00 bits per heavy atom.